The lowest BCUT2D eigenvalue weighted by molar-refractivity contribution is -0.130. The number of halogens is 1. The number of benzene rings is 1. The Morgan fingerprint density at radius 3 is 2.95 bits per heavy atom. The molecule has 1 aromatic rings. The molecule has 3 rings (SSSR count). The number of ether oxygens (including phenoxy) is 1. The quantitative estimate of drug-likeness (QED) is 0.877. The van der Waals surface area contributed by atoms with Crippen LogP contribution in [0, 0.1) is 5.82 Å². The Hall–Kier alpha value is -1.11. The molecular formula is C15H19FN2O2S. The van der Waals surface area contributed by atoms with Crippen molar-refractivity contribution in [1.29, 1.82) is 0 Å². The van der Waals surface area contributed by atoms with Gasteiger partial charge in [-0.05, 0) is 43.0 Å². The average Bonchev–Trinajstić information content (AvgIpc) is 2.48. The summed E-state index contributed by atoms with van der Waals surface area (Å²) in [5, 5.41) is 3.01. The Bertz CT molecular complexity index is 546. The van der Waals surface area contributed by atoms with Gasteiger partial charge in [-0.15, -0.1) is 11.8 Å². The minimum Gasteiger partial charge on any atom is -0.381 e. The third kappa shape index (κ3) is 3.07. The summed E-state index contributed by atoms with van der Waals surface area (Å²) in [7, 11) is 0. The van der Waals surface area contributed by atoms with Crippen LogP contribution in [0.3, 0.4) is 0 Å². The van der Waals surface area contributed by atoms with E-state index in [1.807, 2.05) is 0 Å². The second-order valence-electron chi connectivity index (χ2n) is 5.61. The lowest BCUT2D eigenvalue weighted by Gasteiger charge is -2.34. The number of fused-ring (bicyclic) bond motifs is 1. The minimum atomic E-state index is -0.865. The summed E-state index contributed by atoms with van der Waals surface area (Å²) < 4.78 is 18.7. The molecule has 3 N–H and O–H groups in total. The first-order chi connectivity index (χ1) is 10.1. The summed E-state index contributed by atoms with van der Waals surface area (Å²) in [6, 6.07) is 4.59. The van der Waals surface area contributed by atoms with Crippen molar-refractivity contribution in [3.8, 4) is 0 Å². The Labute approximate surface area is 127 Å². The molecule has 1 unspecified atom stereocenters. The van der Waals surface area contributed by atoms with E-state index >= 15 is 0 Å². The molecule has 2 aliphatic rings. The van der Waals surface area contributed by atoms with Crippen LogP contribution in [0.1, 0.15) is 30.9 Å². The zero-order chi connectivity index (χ0) is 14.9. The third-order valence-electron chi connectivity index (χ3n) is 4.15. The first-order valence-corrected chi connectivity index (χ1v) is 8.17. The summed E-state index contributed by atoms with van der Waals surface area (Å²) in [5.74, 6) is 0.478. The number of nitrogens with two attached hydrogens (primary N) is 1. The number of hydrogen-bond acceptors (Lipinski definition) is 4. The molecule has 0 spiro atoms. The largest absolute Gasteiger partial charge is 0.381 e. The van der Waals surface area contributed by atoms with Crippen molar-refractivity contribution in [2.75, 3.05) is 19.0 Å². The van der Waals surface area contributed by atoms with Crippen LogP contribution >= 0.6 is 11.8 Å². The van der Waals surface area contributed by atoms with Gasteiger partial charge in [0, 0.05) is 23.9 Å². The molecule has 6 heteroatoms. The maximum absolute atomic E-state index is 13.5. The molecule has 114 valence electrons. The van der Waals surface area contributed by atoms with Crippen LogP contribution < -0.4 is 11.1 Å². The normalized spacial score (nSPS) is 24.2. The van der Waals surface area contributed by atoms with Gasteiger partial charge in [0.1, 0.15) is 5.82 Å². The molecule has 2 heterocycles. The van der Waals surface area contributed by atoms with E-state index in [9.17, 15) is 9.18 Å². The van der Waals surface area contributed by atoms with Gasteiger partial charge in [0.15, 0.2) is 0 Å². The predicted octanol–water partition coefficient (Wildman–Crippen LogP) is 1.99. The molecule has 1 aromatic carbocycles. The highest BCUT2D eigenvalue weighted by molar-refractivity contribution is 7.99. The highest BCUT2D eigenvalue weighted by Gasteiger charge is 2.37. The number of thioether (sulfide) groups is 1. The smallest absolute Gasteiger partial charge is 0.240 e. The van der Waals surface area contributed by atoms with E-state index in [1.165, 1.54) is 12.1 Å². The van der Waals surface area contributed by atoms with E-state index in [0.717, 1.165) is 22.6 Å². The van der Waals surface area contributed by atoms with Gasteiger partial charge >= 0.3 is 0 Å². The van der Waals surface area contributed by atoms with Crippen molar-refractivity contribution >= 4 is 17.7 Å². The van der Waals surface area contributed by atoms with E-state index in [-0.39, 0.29) is 17.8 Å². The lowest BCUT2D eigenvalue weighted by atomic mass is 9.89. The van der Waals surface area contributed by atoms with Gasteiger partial charge in [0.25, 0.3) is 0 Å². The van der Waals surface area contributed by atoms with Crippen LogP contribution in [0.5, 0.6) is 0 Å². The summed E-state index contributed by atoms with van der Waals surface area (Å²) >= 11 is 1.69. The van der Waals surface area contributed by atoms with Crippen molar-refractivity contribution in [3.63, 3.8) is 0 Å². The molecule has 1 fully saturated rings. The van der Waals surface area contributed by atoms with Crippen LogP contribution in [0.4, 0.5) is 4.39 Å². The van der Waals surface area contributed by atoms with Gasteiger partial charge in [0.05, 0.1) is 11.6 Å². The van der Waals surface area contributed by atoms with E-state index in [4.69, 9.17) is 10.5 Å². The van der Waals surface area contributed by atoms with Crippen LogP contribution in [0.15, 0.2) is 23.1 Å². The Balaban J connectivity index is 1.77. The average molecular weight is 310 g/mol. The van der Waals surface area contributed by atoms with Gasteiger partial charge in [-0.25, -0.2) is 4.39 Å². The molecule has 1 atom stereocenters. The molecule has 1 saturated heterocycles. The van der Waals surface area contributed by atoms with Crippen molar-refractivity contribution in [2.24, 2.45) is 5.73 Å². The van der Waals surface area contributed by atoms with Crippen molar-refractivity contribution in [3.05, 3.63) is 29.6 Å². The standard InChI is InChI=1S/C15H19FN2O2S/c16-10-1-2-13-11(9-10)12(3-8-21-13)18-14(19)15(17)4-6-20-7-5-15/h1-2,9,12H,3-8,17H2,(H,18,19). The molecule has 2 aliphatic heterocycles. The molecule has 0 radical (unpaired) electrons. The summed E-state index contributed by atoms with van der Waals surface area (Å²) in [4.78, 5) is 13.5. The molecule has 0 saturated carbocycles. The molecule has 1 amide bonds. The predicted molar refractivity (Wildman–Crippen MR) is 79.6 cm³/mol. The van der Waals surface area contributed by atoms with E-state index in [1.54, 1.807) is 17.8 Å². The SMILES string of the molecule is NC1(C(=O)NC2CCSc3ccc(F)cc32)CCOCC1. The van der Waals surface area contributed by atoms with Gasteiger partial charge in [0.2, 0.25) is 5.91 Å². The molecule has 21 heavy (non-hydrogen) atoms. The van der Waals surface area contributed by atoms with Crippen LogP contribution in [-0.4, -0.2) is 30.4 Å². The summed E-state index contributed by atoms with van der Waals surface area (Å²) in [6.45, 7) is 1.02. The third-order valence-corrected chi connectivity index (χ3v) is 5.28. The van der Waals surface area contributed by atoms with E-state index in [0.29, 0.717) is 26.1 Å². The number of carbonyl (C=O) groups excluding carboxylic acids is 1. The van der Waals surface area contributed by atoms with Gasteiger partial charge in [-0.2, -0.15) is 0 Å². The summed E-state index contributed by atoms with van der Waals surface area (Å²) in [6.07, 6.45) is 1.84. The Morgan fingerprint density at radius 2 is 2.19 bits per heavy atom. The van der Waals surface area contributed by atoms with Crippen LogP contribution in [-0.2, 0) is 9.53 Å². The van der Waals surface area contributed by atoms with Crippen molar-refractivity contribution in [1.82, 2.24) is 5.32 Å². The minimum absolute atomic E-state index is 0.155. The topological polar surface area (TPSA) is 64.4 Å². The van der Waals surface area contributed by atoms with E-state index in [2.05, 4.69) is 5.32 Å². The monoisotopic (exact) mass is 310 g/mol. The van der Waals surface area contributed by atoms with Crippen LogP contribution in [0.25, 0.3) is 0 Å². The number of nitrogens with one attached hydrogen (secondary N) is 1. The lowest BCUT2D eigenvalue weighted by Crippen LogP contribution is -2.57. The van der Waals surface area contributed by atoms with Gasteiger partial charge in [-0.1, -0.05) is 0 Å². The molecular weight excluding hydrogens is 291 g/mol. The van der Waals surface area contributed by atoms with Crippen molar-refractivity contribution < 1.29 is 13.9 Å². The van der Waals surface area contributed by atoms with E-state index < -0.39 is 5.54 Å². The zero-order valence-corrected chi connectivity index (χ0v) is 12.5. The second kappa shape index (κ2) is 5.94. The maximum Gasteiger partial charge on any atom is 0.240 e. The van der Waals surface area contributed by atoms with Gasteiger partial charge in [-0.3, -0.25) is 4.79 Å². The summed E-state index contributed by atoms with van der Waals surface area (Å²) in [5.41, 5.74) is 6.19. The molecule has 0 aliphatic carbocycles. The number of hydrogen-bond donors (Lipinski definition) is 2. The Kier molecular flexibility index (Phi) is 4.19. The second-order valence-corrected chi connectivity index (χ2v) is 6.75. The molecule has 0 bridgehead atoms. The zero-order valence-electron chi connectivity index (χ0n) is 11.7. The van der Waals surface area contributed by atoms with Gasteiger partial charge < -0.3 is 15.8 Å². The number of carbonyl (C=O) groups is 1. The van der Waals surface area contributed by atoms with Crippen LogP contribution in [0.2, 0.25) is 0 Å². The fourth-order valence-corrected chi connectivity index (χ4v) is 3.89. The van der Waals surface area contributed by atoms with Crippen molar-refractivity contribution in [2.45, 2.75) is 35.7 Å². The first-order valence-electron chi connectivity index (χ1n) is 7.18. The first kappa shape index (κ1) is 14.8. The fraction of sp³-hybridized carbons (Fsp3) is 0.533. The maximum atomic E-state index is 13.5. The Morgan fingerprint density at radius 1 is 1.43 bits per heavy atom. The number of amides is 1. The molecule has 0 aromatic heterocycles. The molecule has 4 nitrogen and oxygen atoms in total. The highest BCUT2D eigenvalue weighted by Crippen LogP contribution is 2.36. The fourth-order valence-electron chi connectivity index (χ4n) is 2.78. The number of rotatable bonds is 2. The highest BCUT2D eigenvalue weighted by atomic mass is 32.2.